The SMILES string of the molecule is C/C(F)=C(/CN)Cn1ncn(-c2cccc(-c3cnc(N(C)C)c(F)c3)n2)c1=O. The van der Waals surface area contributed by atoms with Gasteiger partial charge in [0.15, 0.2) is 11.6 Å². The molecule has 0 atom stereocenters. The summed E-state index contributed by atoms with van der Waals surface area (Å²) in [6.45, 7) is 1.21. The van der Waals surface area contributed by atoms with E-state index in [1.807, 2.05) is 0 Å². The van der Waals surface area contributed by atoms with Crippen LogP contribution in [-0.4, -0.2) is 45.0 Å². The van der Waals surface area contributed by atoms with Crippen molar-refractivity contribution in [3.05, 3.63) is 64.5 Å². The number of aromatic nitrogens is 5. The molecule has 0 aliphatic rings. The van der Waals surface area contributed by atoms with Crippen LogP contribution in [0, 0.1) is 5.82 Å². The number of pyridine rings is 2. The first-order valence-electron chi connectivity index (χ1n) is 8.81. The molecule has 0 aliphatic carbocycles. The van der Waals surface area contributed by atoms with Crippen molar-refractivity contribution in [3.8, 4) is 17.1 Å². The van der Waals surface area contributed by atoms with E-state index in [2.05, 4.69) is 15.1 Å². The molecule has 3 rings (SSSR count). The fourth-order valence-electron chi connectivity index (χ4n) is 2.72. The summed E-state index contributed by atoms with van der Waals surface area (Å²) in [7, 11) is 3.40. The molecular formula is C19H21F2N7O. The second kappa shape index (κ2) is 8.31. The van der Waals surface area contributed by atoms with Crippen molar-refractivity contribution < 1.29 is 8.78 Å². The molecule has 10 heteroatoms. The van der Waals surface area contributed by atoms with Gasteiger partial charge in [-0.1, -0.05) is 6.07 Å². The summed E-state index contributed by atoms with van der Waals surface area (Å²) in [5.41, 5.74) is 6.22. The first kappa shape index (κ1) is 20.3. The molecule has 29 heavy (non-hydrogen) atoms. The summed E-state index contributed by atoms with van der Waals surface area (Å²) < 4.78 is 30.0. The van der Waals surface area contributed by atoms with Crippen LogP contribution < -0.4 is 16.3 Å². The van der Waals surface area contributed by atoms with Gasteiger partial charge in [0.1, 0.15) is 12.1 Å². The fraction of sp³-hybridized carbons (Fsp3) is 0.263. The number of anilines is 1. The first-order chi connectivity index (χ1) is 13.8. The van der Waals surface area contributed by atoms with E-state index in [9.17, 15) is 13.6 Å². The van der Waals surface area contributed by atoms with Gasteiger partial charge >= 0.3 is 5.69 Å². The lowest BCUT2D eigenvalue weighted by Crippen LogP contribution is -2.26. The number of allylic oxidation sites excluding steroid dienone is 1. The molecule has 0 bridgehead atoms. The highest BCUT2D eigenvalue weighted by atomic mass is 19.1. The van der Waals surface area contributed by atoms with E-state index >= 15 is 0 Å². The monoisotopic (exact) mass is 401 g/mol. The van der Waals surface area contributed by atoms with Gasteiger partial charge in [-0.15, -0.1) is 0 Å². The number of hydrogen-bond donors (Lipinski definition) is 1. The Morgan fingerprint density at radius 1 is 1.31 bits per heavy atom. The van der Waals surface area contributed by atoms with Gasteiger partial charge in [-0.2, -0.15) is 5.10 Å². The minimum Gasteiger partial charge on any atom is -0.360 e. The minimum absolute atomic E-state index is 0.0170. The molecule has 0 spiro atoms. The smallest absolute Gasteiger partial charge is 0.351 e. The zero-order valence-corrected chi connectivity index (χ0v) is 16.3. The lowest BCUT2D eigenvalue weighted by Gasteiger charge is -2.12. The van der Waals surface area contributed by atoms with Gasteiger partial charge in [0.05, 0.1) is 18.1 Å². The van der Waals surface area contributed by atoms with Crippen molar-refractivity contribution in [1.82, 2.24) is 24.3 Å². The molecule has 0 amide bonds. The van der Waals surface area contributed by atoms with E-state index in [0.29, 0.717) is 17.1 Å². The van der Waals surface area contributed by atoms with Gasteiger partial charge in [0.25, 0.3) is 0 Å². The molecule has 0 saturated heterocycles. The van der Waals surface area contributed by atoms with E-state index in [1.165, 1.54) is 30.1 Å². The van der Waals surface area contributed by atoms with Crippen LogP contribution in [0.5, 0.6) is 0 Å². The number of nitrogens with zero attached hydrogens (tertiary/aromatic N) is 6. The number of halogens is 2. The molecule has 0 unspecified atom stereocenters. The van der Waals surface area contributed by atoms with Crippen LogP contribution >= 0.6 is 0 Å². The molecule has 3 aromatic heterocycles. The highest BCUT2D eigenvalue weighted by molar-refractivity contribution is 5.61. The van der Waals surface area contributed by atoms with Crippen LogP contribution in [0.1, 0.15) is 6.92 Å². The van der Waals surface area contributed by atoms with Gasteiger partial charge < -0.3 is 10.6 Å². The standard InChI is InChI=1S/C19H21F2N7O/c1-12(20)14(8-22)10-28-19(29)27(11-24-28)17-6-4-5-16(25-17)13-7-15(21)18(23-9-13)26(2)3/h4-7,9,11H,8,10,22H2,1-3H3/b14-12+. The van der Waals surface area contributed by atoms with Crippen LogP contribution in [0.2, 0.25) is 0 Å². The maximum atomic E-state index is 14.3. The quantitative estimate of drug-likeness (QED) is 0.678. The van der Waals surface area contributed by atoms with Crippen molar-refractivity contribution >= 4 is 5.82 Å². The predicted molar refractivity (Wildman–Crippen MR) is 106 cm³/mol. The lowest BCUT2D eigenvalue weighted by atomic mass is 10.2. The van der Waals surface area contributed by atoms with Crippen LogP contribution in [-0.2, 0) is 6.54 Å². The lowest BCUT2D eigenvalue weighted by molar-refractivity contribution is 0.575. The molecule has 0 fully saturated rings. The van der Waals surface area contributed by atoms with Crippen molar-refractivity contribution in [2.45, 2.75) is 13.5 Å². The minimum atomic E-state index is -0.492. The van der Waals surface area contributed by atoms with Crippen LogP contribution in [0.25, 0.3) is 17.1 Å². The molecule has 3 aromatic rings. The van der Waals surface area contributed by atoms with E-state index in [4.69, 9.17) is 5.73 Å². The van der Waals surface area contributed by atoms with Crippen LogP contribution in [0.15, 0.2) is 53.0 Å². The second-order valence-electron chi connectivity index (χ2n) is 6.59. The Morgan fingerprint density at radius 3 is 2.69 bits per heavy atom. The summed E-state index contributed by atoms with van der Waals surface area (Å²) in [6.07, 6.45) is 2.81. The van der Waals surface area contributed by atoms with E-state index in [0.717, 1.165) is 4.68 Å². The van der Waals surface area contributed by atoms with Crippen molar-refractivity contribution in [3.63, 3.8) is 0 Å². The third-order valence-electron chi connectivity index (χ3n) is 4.33. The maximum Gasteiger partial charge on any atom is 0.351 e. The zero-order valence-electron chi connectivity index (χ0n) is 16.3. The van der Waals surface area contributed by atoms with Gasteiger partial charge in [-0.3, -0.25) is 0 Å². The molecule has 2 N–H and O–H groups in total. The van der Waals surface area contributed by atoms with E-state index < -0.39 is 17.3 Å². The summed E-state index contributed by atoms with van der Waals surface area (Å²) in [6, 6.07) is 6.33. The Labute approximate surface area is 165 Å². The average Bonchev–Trinajstić information content (AvgIpc) is 3.05. The first-order valence-corrected chi connectivity index (χ1v) is 8.81. The second-order valence-corrected chi connectivity index (χ2v) is 6.59. The molecule has 0 aliphatic heterocycles. The number of nitrogens with two attached hydrogens (primary N) is 1. The average molecular weight is 401 g/mol. The highest BCUT2D eigenvalue weighted by Crippen LogP contribution is 2.22. The number of rotatable bonds is 6. The van der Waals surface area contributed by atoms with E-state index in [-0.39, 0.29) is 24.5 Å². The van der Waals surface area contributed by atoms with Crippen LogP contribution in [0.4, 0.5) is 14.6 Å². The summed E-state index contributed by atoms with van der Waals surface area (Å²) in [4.78, 5) is 22.7. The van der Waals surface area contributed by atoms with Crippen molar-refractivity contribution in [2.24, 2.45) is 5.73 Å². The topological polar surface area (TPSA) is 94.9 Å². The largest absolute Gasteiger partial charge is 0.360 e. The highest BCUT2D eigenvalue weighted by Gasteiger charge is 2.13. The molecule has 0 saturated carbocycles. The van der Waals surface area contributed by atoms with Crippen LogP contribution in [0.3, 0.4) is 0 Å². The van der Waals surface area contributed by atoms with Crippen molar-refractivity contribution in [1.29, 1.82) is 0 Å². The summed E-state index contributed by atoms with van der Waals surface area (Å²) in [5.74, 6) is -0.405. The third-order valence-corrected chi connectivity index (χ3v) is 4.33. The van der Waals surface area contributed by atoms with Gasteiger partial charge in [-0.25, -0.2) is 32.8 Å². The fourth-order valence-corrected chi connectivity index (χ4v) is 2.72. The molecule has 0 aromatic carbocycles. The Morgan fingerprint density at radius 2 is 2.07 bits per heavy atom. The van der Waals surface area contributed by atoms with Crippen molar-refractivity contribution in [2.75, 3.05) is 25.5 Å². The van der Waals surface area contributed by atoms with E-state index in [1.54, 1.807) is 37.2 Å². The molecule has 8 nitrogen and oxygen atoms in total. The Hall–Kier alpha value is -3.40. The Balaban J connectivity index is 1.96. The molecule has 152 valence electrons. The molecule has 3 heterocycles. The Kier molecular flexibility index (Phi) is 5.83. The predicted octanol–water partition coefficient (Wildman–Crippen LogP) is 1.90. The Bertz CT molecular complexity index is 1110. The maximum absolute atomic E-state index is 14.3. The zero-order chi connectivity index (χ0) is 21.1. The summed E-state index contributed by atoms with van der Waals surface area (Å²) in [5, 5.41) is 4.00. The van der Waals surface area contributed by atoms with Gasteiger partial charge in [0.2, 0.25) is 0 Å². The summed E-state index contributed by atoms with van der Waals surface area (Å²) >= 11 is 0. The molecular weight excluding hydrogens is 380 g/mol. The van der Waals surface area contributed by atoms with Gasteiger partial charge in [-0.05, 0) is 30.7 Å². The molecule has 0 radical (unpaired) electrons. The third kappa shape index (κ3) is 4.21. The van der Waals surface area contributed by atoms with Gasteiger partial charge in [0, 0.05) is 32.4 Å². The number of hydrogen-bond acceptors (Lipinski definition) is 6. The normalized spacial score (nSPS) is 12.1.